The fourth-order valence-corrected chi connectivity index (χ4v) is 3.65. The van der Waals surface area contributed by atoms with Gasteiger partial charge in [-0.25, -0.2) is 9.78 Å². The number of carbonyl (C=O) groups is 1. The topological polar surface area (TPSA) is 98.2 Å². The van der Waals surface area contributed by atoms with Crippen LogP contribution in [0.25, 0.3) is 10.9 Å². The minimum absolute atomic E-state index is 0.0193. The van der Waals surface area contributed by atoms with Crippen molar-refractivity contribution in [3.8, 4) is 6.07 Å². The Bertz CT molecular complexity index is 1140. The second kappa shape index (κ2) is 7.98. The Hall–Kier alpha value is -3.30. The van der Waals surface area contributed by atoms with Crippen LogP contribution in [0.4, 0.5) is 0 Å². The molecule has 1 atom stereocenters. The normalized spacial score (nSPS) is 16.4. The lowest BCUT2D eigenvalue weighted by molar-refractivity contribution is -0.138. The van der Waals surface area contributed by atoms with Crippen molar-refractivity contribution in [1.82, 2.24) is 4.98 Å². The van der Waals surface area contributed by atoms with Crippen LogP contribution in [-0.4, -0.2) is 17.6 Å². The summed E-state index contributed by atoms with van der Waals surface area (Å²) >= 11 is 6.54. The van der Waals surface area contributed by atoms with E-state index in [2.05, 4.69) is 11.6 Å². The third-order valence-corrected chi connectivity index (χ3v) is 5.16. The molecule has 2 heterocycles. The summed E-state index contributed by atoms with van der Waals surface area (Å²) in [6.45, 7) is 9.06. The molecule has 1 aliphatic heterocycles. The first-order valence-electron chi connectivity index (χ1n) is 8.92. The van der Waals surface area contributed by atoms with Crippen LogP contribution < -0.4 is 5.73 Å². The summed E-state index contributed by atoms with van der Waals surface area (Å²) < 4.78 is 10.7. The van der Waals surface area contributed by atoms with Gasteiger partial charge in [0.15, 0.2) is 0 Å². The van der Waals surface area contributed by atoms with E-state index in [0.29, 0.717) is 5.56 Å². The number of halogens is 1. The molecule has 2 N–H and O–H groups in total. The molecule has 0 amide bonds. The summed E-state index contributed by atoms with van der Waals surface area (Å²) in [7, 11) is 0. The molecule has 0 saturated carbocycles. The molecule has 148 valence electrons. The second-order valence-electron chi connectivity index (χ2n) is 6.75. The molecule has 0 bridgehead atoms. The Morgan fingerprint density at radius 2 is 2.10 bits per heavy atom. The van der Waals surface area contributed by atoms with E-state index >= 15 is 0 Å². The number of fused-ring (bicyclic) bond motifs is 1. The molecule has 1 aliphatic rings. The number of nitriles is 1. The molecule has 29 heavy (non-hydrogen) atoms. The highest BCUT2D eigenvalue weighted by Gasteiger charge is 2.38. The maximum absolute atomic E-state index is 12.8. The minimum atomic E-state index is -0.852. The summed E-state index contributed by atoms with van der Waals surface area (Å²) in [5.74, 6) is -1.31. The molecular weight excluding hydrogens is 390 g/mol. The predicted octanol–water partition coefficient (Wildman–Crippen LogP) is 4.32. The third kappa shape index (κ3) is 3.57. The molecule has 0 aliphatic carbocycles. The van der Waals surface area contributed by atoms with E-state index in [1.54, 1.807) is 6.92 Å². The molecule has 0 spiro atoms. The van der Waals surface area contributed by atoms with E-state index in [4.69, 9.17) is 26.8 Å². The Labute approximate surface area is 173 Å². The molecule has 2 aromatic rings. The fraction of sp³-hybridized carbons (Fsp3) is 0.227. The van der Waals surface area contributed by atoms with Crippen molar-refractivity contribution in [2.45, 2.75) is 26.7 Å². The summed E-state index contributed by atoms with van der Waals surface area (Å²) in [6, 6.07) is 7.85. The highest BCUT2D eigenvalue weighted by molar-refractivity contribution is 6.31. The summed E-state index contributed by atoms with van der Waals surface area (Å²) in [4.78, 5) is 17.3. The number of aryl methyl sites for hydroxylation is 2. The number of hydrogen-bond acceptors (Lipinski definition) is 6. The van der Waals surface area contributed by atoms with Crippen LogP contribution in [0.5, 0.6) is 0 Å². The standard InChI is InChI=1S/C22H20ClN3O3/c1-5-8-28-22(27)17-13(4)29-21(25)16(10-24)18(17)15-9-14-11(2)6-7-12(3)19(14)26-20(15)23/h5-7,9,18H,1,8,25H2,2-4H3. The summed E-state index contributed by atoms with van der Waals surface area (Å²) in [6.07, 6.45) is 1.46. The number of esters is 1. The number of nitrogens with two attached hydrogens (primary N) is 1. The molecule has 3 rings (SSSR count). The molecule has 1 aromatic heterocycles. The highest BCUT2D eigenvalue weighted by Crippen LogP contribution is 2.43. The average Bonchev–Trinajstić information content (AvgIpc) is 2.68. The largest absolute Gasteiger partial charge is 0.458 e. The number of hydrogen-bond donors (Lipinski definition) is 1. The van der Waals surface area contributed by atoms with E-state index in [1.165, 1.54) is 6.08 Å². The Kier molecular flexibility index (Phi) is 5.62. The van der Waals surface area contributed by atoms with Crippen LogP contribution in [0.3, 0.4) is 0 Å². The highest BCUT2D eigenvalue weighted by atomic mass is 35.5. The lowest BCUT2D eigenvalue weighted by atomic mass is 9.83. The van der Waals surface area contributed by atoms with Gasteiger partial charge in [-0.3, -0.25) is 0 Å². The number of rotatable bonds is 4. The van der Waals surface area contributed by atoms with Crippen molar-refractivity contribution in [1.29, 1.82) is 5.26 Å². The predicted molar refractivity (Wildman–Crippen MR) is 111 cm³/mol. The maximum atomic E-state index is 12.8. The molecule has 0 radical (unpaired) electrons. The van der Waals surface area contributed by atoms with Crippen molar-refractivity contribution in [3.63, 3.8) is 0 Å². The van der Waals surface area contributed by atoms with Gasteiger partial charge in [0.1, 0.15) is 29.2 Å². The quantitative estimate of drug-likeness (QED) is 0.458. The second-order valence-corrected chi connectivity index (χ2v) is 7.10. The minimum Gasteiger partial charge on any atom is -0.458 e. The third-order valence-electron chi connectivity index (χ3n) is 4.85. The zero-order valence-electron chi connectivity index (χ0n) is 16.4. The van der Waals surface area contributed by atoms with Crippen LogP contribution in [0, 0.1) is 25.2 Å². The maximum Gasteiger partial charge on any atom is 0.338 e. The van der Waals surface area contributed by atoms with Gasteiger partial charge in [-0.15, -0.1) is 0 Å². The molecule has 0 fully saturated rings. The van der Waals surface area contributed by atoms with Crippen LogP contribution in [-0.2, 0) is 14.3 Å². The van der Waals surface area contributed by atoms with Gasteiger partial charge < -0.3 is 15.2 Å². The number of pyridine rings is 1. The number of ether oxygens (including phenoxy) is 2. The van der Waals surface area contributed by atoms with Crippen molar-refractivity contribution >= 4 is 28.5 Å². The molecule has 1 aromatic carbocycles. The number of benzene rings is 1. The van der Waals surface area contributed by atoms with Gasteiger partial charge in [0, 0.05) is 10.9 Å². The van der Waals surface area contributed by atoms with E-state index in [0.717, 1.165) is 22.0 Å². The Morgan fingerprint density at radius 3 is 2.76 bits per heavy atom. The number of carbonyl (C=O) groups excluding carboxylic acids is 1. The molecule has 0 saturated heterocycles. The lowest BCUT2D eigenvalue weighted by Gasteiger charge is -2.27. The number of aromatic nitrogens is 1. The molecular formula is C22H20ClN3O3. The zero-order valence-corrected chi connectivity index (χ0v) is 17.1. The van der Waals surface area contributed by atoms with Crippen LogP contribution >= 0.6 is 11.6 Å². The van der Waals surface area contributed by atoms with Crippen molar-refractivity contribution in [3.05, 3.63) is 75.5 Å². The number of nitrogens with zero attached hydrogens (tertiary/aromatic N) is 2. The van der Waals surface area contributed by atoms with E-state index in [9.17, 15) is 10.1 Å². The van der Waals surface area contributed by atoms with Crippen LogP contribution in [0.2, 0.25) is 5.15 Å². The van der Waals surface area contributed by atoms with Crippen LogP contribution in [0.15, 0.2) is 53.6 Å². The zero-order chi connectivity index (χ0) is 21.3. The first kappa shape index (κ1) is 20.4. The first-order chi connectivity index (χ1) is 13.8. The fourth-order valence-electron chi connectivity index (χ4n) is 3.40. The average molecular weight is 410 g/mol. The van der Waals surface area contributed by atoms with Crippen LogP contribution in [0.1, 0.15) is 29.5 Å². The van der Waals surface area contributed by atoms with Gasteiger partial charge in [-0.1, -0.05) is 36.4 Å². The van der Waals surface area contributed by atoms with E-state index in [-0.39, 0.29) is 34.5 Å². The molecule has 7 heteroatoms. The van der Waals surface area contributed by atoms with Crippen molar-refractivity contribution < 1.29 is 14.3 Å². The van der Waals surface area contributed by atoms with Gasteiger partial charge in [0.05, 0.1) is 17.0 Å². The van der Waals surface area contributed by atoms with Gasteiger partial charge >= 0.3 is 5.97 Å². The van der Waals surface area contributed by atoms with Gasteiger partial charge in [-0.05, 0) is 38.0 Å². The Balaban J connectivity index is 2.29. The van der Waals surface area contributed by atoms with Crippen molar-refractivity contribution in [2.75, 3.05) is 6.61 Å². The van der Waals surface area contributed by atoms with E-state index in [1.807, 2.05) is 38.1 Å². The van der Waals surface area contributed by atoms with Gasteiger partial charge in [0.2, 0.25) is 5.88 Å². The van der Waals surface area contributed by atoms with Gasteiger partial charge in [-0.2, -0.15) is 5.26 Å². The molecule has 1 unspecified atom stereocenters. The monoisotopic (exact) mass is 409 g/mol. The van der Waals surface area contributed by atoms with Crippen molar-refractivity contribution in [2.24, 2.45) is 5.73 Å². The smallest absolute Gasteiger partial charge is 0.338 e. The lowest BCUT2D eigenvalue weighted by Crippen LogP contribution is -2.26. The molecule has 6 nitrogen and oxygen atoms in total. The van der Waals surface area contributed by atoms with Gasteiger partial charge in [0.25, 0.3) is 0 Å². The first-order valence-corrected chi connectivity index (χ1v) is 9.30. The summed E-state index contributed by atoms with van der Waals surface area (Å²) in [5, 5.41) is 10.8. The Morgan fingerprint density at radius 1 is 1.41 bits per heavy atom. The van der Waals surface area contributed by atoms with E-state index < -0.39 is 11.9 Å². The summed E-state index contributed by atoms with van der Waals surface area (Å²) in [5.41, 5.74) is 9.41. The SMILES string of the molecule is C=CCOC(=O)C1=C(C)OC(N)=C(C#N)C1c1cc2c(C)ccc(C)c2nc1Cl. The number of allylic oxidation sites excluding steroid dienone is 2.